The van der Waals surface area contributed by atoms with E-state index in [1.54, 1.807) is 6.20 Å². The molecule has 2 heterocycles. The summed E-state index contributed by atoms with van der Waals surface area (Å²) in [6.07, 6.45) is 4.63. The molecule has 114 valence electrons. The van der Waals surface area contributed by atoms with Gasteiger partial charge in [-0.25, -0.2) is 0 Å². The molecule has 0 N–H and O–H groups in total. The first kappa shape index (κ1) is 13.8. The number of rotatable bonds is 3. The van der Waals surface area contributed by atoms with Gasteiger partial charge in [0.2, 0.25) is 0 Å². The van der Waals surface area contributed by atoms with Crippen molar-refractivity contribution in [3.05, 3.63) is 83.7 Å². The summed E-state index contributed by atoms with van der Waals surface area (Å²) in [5.41, 5.74) is 4.15. The lowest BCUT2D eigenvalue weighted by Gasteiger charge is -2.17. The molecule has 0 unspecified atom stereocenters. The maximum Gasteiger partial charge on any atom is 0.258 e. The highest BCUT2D eigenvalue weighted by Gasteiger charge is 2.24. The highest BCUT2D eigenvalue weighted by atomic mass is 16.2. The molecule has 1 aromatic heterocycles. The Morgan fingerprint density at radius 3 is 2.65 bits per heavy atom. The van der Waals surface area contributed by atoms with Crippen LogP contribution < -0.4 is 4.90 Å². The van der Waals surface area contributed by atoms with Gasteiger partial charge in [0.1, 0.15) is 0 Å². The van der Waals surface area contributed by atoms with Gasteiger partial charge in [0.05, 0.1) is 6.54 Å². The molecule has 4 nitrogen and oxygen atoms in total. The summed E-state index contributed by atoms with van der Waals surface area (Å²) in [7, 11) is 0. The van der Waals surface area contributed by atoms with Gasteiger partial charge in [-0.05, 0) is 41.8 Å². The van der Waals surface area contributed by atoms with E-state index in [1.165, 1.54) is 5.56 Å². The largest absolute Gasteiger partial charge is 0.308 e. The van der Waals surface area contributed by atoms with Crippen molar-refractivity contribution in [2.75, 3.05) is 11.4 Å². The number of aromatic nitrogens is 2. The number of fused-ring (bicyclic) bond motifs is 1. The zero-order valence-corrected chi connectivity index (χ0v) is 12.7. The molecule has 0 saturated carbocycles. The predicted molar refractivity (Wildman–Crippen MR) is 89.6 cm³/mol. The molecule has 1 amide bonds. The summed E-state index contributed by atoms with van der Waals surface area (Å²) < 4.78 is 1.87. The zero-order chi connectivity index (χ0) is 15.6. The lowest BCUT2D eigenvalue weighted by atomic mass is 10.1. The fourth-order valence-corrected chi connectivity index (χ4v) is 3.04. The van der Waals surface area contributed by atoms with Gasteiger partial charge < -0.3 is 4.90 Å². The minimum absolute atomic E-state index is 0.0700. The van der Waals surface area contributed by atoms with Crippen LogP contribution in [0.5, 0.6) is 0 Å². The van der Waals surface area contributed by atoms with Gasteiger partial charge in [0, 0.05) is 30.2 Å². The van der Waals surface area contributed by atoms with Crippen molar-refractivity contribution in [3.63, 3.8) is 0 Å². The van der Waals surface area contributed by atoms with E-state index in [4.69, 9.17) is 0 Å². The van der Waals surface area contributed by atoms with Crippen molar-refractivity contribution in [3.8, 4) is 0 Å². The van der Waals surface area contributed by atoms with Gasteiger partial charge in [-0.15, -0.1) is 0 Å². The van der Waals surface area contributed by atoms with E-state index in [-0.39, 0.29) is 5.91 Å². The van der Waals surface area contributed by atoms with Gasteiger partial charge >= 0.3 is 0 Å². The predicted octanol–water partition coefficient (Wildman–Crippen LogP) is 3.13. The molecule has 0 bridgehead atoms. The molecular formula is C19H17N3O. The number of hydrogen-bond donors (Lipinski definition) is 0. The quantitative estimate of drug-likeness (QED) is 0.745. The Labute approximate surface area is 135 Å². The lowest BCUT2D eigenvalue weighted by molar-refractivity contribution is 0.0989. The summed E-state index contributed by atoms with van der Waals surface area (Å²) >= 11 is 0. The van der Waals surface area contributed by atoms with Gasteiger partial charge in [0.25, 0.3) is 5.91 Å². The van der Waals surface area contributed by atoms with Gasteiger partial charge in [-0.1, -0.05) is 30.3 Å². The average molecular weight is 303 g/mol. The Morgan fingerprint density at radius 2 is 1.87 bits per heavy atom. The fourth-order valence-electron chi connectivity index (χ4n) is 3.04. The zero-order valence-electron chi connectivity index (χ0n) is 12.7. The molecule has 0 saturated heterocycles. The first-order valence-electron chi connectivity index (χ1n) is 7.77. The topological polar surface area (TPSA) is 38.1 Å². The third-order valence-electron chi connectivity index (χ3n) is 4.24. The summed E-state index contributed by atoms with van der Waals surface area (Å²) in [6, 6.07) is 17.8. The smallest absolute Gasteiger partial charge is 0.258 e. The van der Waals surface area contributed by atoms with Crippen LogP contribution in [-0.4, -0.2) is 22.2 Å². The molecule has 1 aliphatic heterocycles. The van der Waals surface area contributed by atoms with Gasteiger partial charge in [0.15, 0.2) is 0 Å². The van der Waals surface area contributed by atoms with E-state index < -0.39 is 0 Å². The van der Waals surface area contributed by atoms with Gasteiger partial charge in [-0.2, -0.15) is 5.10 Å². The Morgan fingerprint density at radius 1 is 1.04 bits per heavy atom. The van der Waals surface area contributed by atoms with Crippen LogP contribution in [0.1, 0.15) is 21.5 Å². The number of amides is 1. The number of benzene rings is 2. The molecule has 2 aromatic carbocycles. The molecule has 23 heavy (non-hydrogen) atoms. The summed E-state index contributed by atoms with van der Waals surface area (Å²) in [5.74, 6) is 0.0700. The Bertz CT molecular complexity index is 822. The molecule has 1 aliphatic rings. The molecule has 0 aliphatic carbocycles. The van der Waals surface area contributed by atoms with E-state index in [9.17, 15) is 4.79 Å². The van der Waals surface area contributed by atoms with Crippen LogP contribution in [0, 0.1) is 0 Å². The van der Waals surface area contributed by atoms with Crippen molar-refractivity contribution in [1.29, 1.82) is 0 Å². The van der Waals surface area contributed by atoms with Crippen molar-refractivity contribution < 1.29 is 4.79 Å². The van der Waals surface area contributed by atoms with Crippen LogP contribution in [0.25, 0.3) is 0 Å². The third kappa shape index (κ3) is 2.63. The number of para-hydroxylation sites is 1. The maximum atomic E-state index is 12.7. The minimum atomic E-state index is 0.0700. The molecule has 0 radical (unpaired) electrons. The van der Waals surface area contributed by atoms with E-state index in [0.717, 1.165) is 29.8 Å². The molecule has 0 spiro atoms. The molecule has 4 heteroatoms. The average Bonchev–Trinajstić information content (AvgIpc) is 3.24. The van der Waals surface area contributed by atoms with E-state index in [2.05, 4.69) is 11.2 Å². The Kier molecular flexibility index (Phi) is 3.42. The second-order valence-electron chi connectivity index (χ2n) is 5.74. The molecule has 3 aromatic rings. The maximum absolute atomic E-state index is 12.7. The first-order chi connectivity index (χ1) is 11.3. The van der Waals surface area contributed by atoms with Crippen LogP contribution in [0.4, 0.5) is 5.69 Å². The van der Waals surface area contributed by atoms with Crippen molar-refractivity contribution >= 4 is 11.6 Å². The summed E-state index contributed by atoms with van der Waals surface area (Å²) in [5, 5.41) is 4.20. The van der Waals surface area contributed by atoms with Crippen molar-refractivity contribution in [1.82, 2.24) is 9.78 Å². The highest BCUT2D eigenvalue weighted by Crippen LogP contribution is 2.28. The lowest BCUT2D eigenvalue weighted by Crippen LogP contribution is -2.28. The minimum Gasteiger partial charge on any atom is -0.308 e. The monoisotopic (exact) mass is 303 g/mol. The van der Waals surface area contributed by atoms with Crippen molar-refractivity contribution in [2.45, 2.75) is 13.0 Å². The highest BCUT2D eigenvalue weighted by molar-refractivity contribution is 6.07. The number of carbonyl (C=O) groups excluding carboxylic acids is 1. The van der Waals surface area contributed by atoms with Crippen LogP contribution in [-0.2, 0) is 13.0 Å². The van der Waals surface area contributed by atoms with Crippen LogP contribution in [0.3, 0.4) is 0 Å². The Hall–Kier alpha value is -2.88. The van der Waals surface area contributed by atoms with E-state index >= 15 is 0 Å². The molecule has 0 atom stereocenters. The standard InChI is InChI=1S/C19H17N3O/c23-19(22-13-10-16-4-1-2-5-18(16)22)17-8-6-15(7-9-17)14-21-12-3-11-20-21/h1-9,11-12H,10,13-14H2. The summed E-state index contributed by atoms with van der Waals surface area (Å²) in [4.78, 5) is 14.6. The van der Waals surface area contributed by atoms with Crippen LogP contribution in [0.2, 0.25) is 0 Å². The van der Waals surface area contributed by atoms with Gasteiger partial charge in [-0.3, -0.25) is 9.48 Å². The van der Waals surface area contributed by atoms with Crippen LogP contribution in [0.15, 0.2) is 67.0 Å². The third-order valence-corrected chi connectivity index (χ3v) is 4.24. The molecular weight excluding hydrogens is 286 g/mol. The summed E-state index contributed by atoms with van der Waals surface area (Å²) in [6.45, 7) is 1.47. The second-order valence-corrected chi connectivity index (χ2v) is 5.74. The normalized spacial score (nSPS) is 13.1. The van der Waals surface area contributed by atoms with Crippen LogP contribution >= 0.6 is 0 Å². The van der Waals surface area contributed by atoms with E-state index in [0.29, 0.717) is 6.54 Å². The molecule has 4 rings (SSSR count). The van der Waals surface area contributed by atoms with Crippen molar-refractivity contribution in [2.24, 2.45) is 0 Å². The Balaban J connectivity index is 1.53. The second kappa shape index (κ2) is 5.72. The fraction of sp³-hybridized carbons (Fsp3) is 0.158. The number of hydrogen-bond acceptors (Lipinski definition) is 2. The SMILES string of the molecule is O=C(c1ccc(Cn2cccn2)cc1)N1CCc2ccccc21. The first-order valence-corrected chi connectivity index (χ1v) is 7.77. The molecule has 0 fully saturated rings. The number of carbonyl (C=O) groups is 1. The number of nitrogens with zero attached hydrogens (tertiary/aromatic N) is 3. The van der Waals surface area contributed by atoms with E-state index in [1.807, 2.05) is 64.3 Å². The number of anilines is 1.